The summed E-state index contributed by atoms with van der Waals surface area (Å²) in [6.07, 6.45) is 3.82. The van der Waals surface area contributed by atoms with Gasteiger partial charge in [-0.2, -0.15) is 0 Å². The first-order valence-corrected chi connectivity index (χ1v) is 9.76. The fraction of sp³-hybridized carbons (Fsp3) is 0.263. The molecule has 1 atom stereocenters. The van der Waals surface area contributed by atoms with E-state index in [1.165, 1.54) is 17.0 Å². The van der Waals surface area contributed by atoms with Gasteiger partial charge in [0.15, 0.2) is 0 Å². The molecule has 0 spiro atoms. The van der Waals surface area contributed by atoms with Gasteiger partial charge >= 0.3 is 0 Å². The maximum absolute atomic E-state index is 12.2. The number of amides is 1. The van der Waals surface area contributed by atoms with Crippen molar-refractivity contribution in [1.29, 1.82) is 0 Å². The Kier molecular flexibility index (Phi) is 5.24. The van der Waals surface area contributed by atoms with E-state index in [1.807, 2.05) is 12.1 Å². The highest BCUT2D eigenvalue weighted by atomic mass is 32.1. The van der Waals surface area contributed by atoms with Crippen LogP contribution in [0.25, 0.3) is 0 Å². The van der Waals surface area contributed by atoms with E-state index in [1.54, 1.807) is 17.8 Å². The van der Waals surface area contributed by atoms with Gasteiger partial charge in [0, 0.05) is 31.0 Å². The first-order valence-electron chi connectivity index (χ1n) is 8.88. The molecule has 1 fully saturated rings. The Balaban J connectivity index is 1.36. The second kappa shape index (κ2) is 8.13. The summed E-state index contributed by atoms with van der Waals surface area (Å²) in [6, 6.07) is 14.4. The van der Waals surface area contributed by atoms with E-state index in [4.69, 9.17) is 0 Å². The van der Waals surface area contributed by atoms with Crippen LogP contribution in [-0.2, 0) is 0 Å². The van der Waals surface area contributed by atoms with Gasteiger partial charge in [0.25, 0.3) is 5.91 Å². The molecule has 1 unspecified atom stereocenters. The number of piperidine rings is 1. The van der Waals surface area contributed by atoms with E-state index >= 15 is 0 Å². The topological polar surface area (TPSA) is 83.0 Å². The van der Waals surface area contributed by atoms with Crippen LogP contribution in [0.2, 0.25) is 0 Å². The number of aromatic nitrogens is 3. The van der Waals surface area contributed by atoms with E-state index in [0.717, 1.165) is 31.7 Å². The maximum atomic E-state index is 12.2. The maximum Gasteiger partial charge on any atom is 0.259 e. The average molecular weight is 380 g/mol. The Labute approximate surface area is 161 Å². The molecule has 3 heterocycles. The molecule has 0 radical (unpaired) electrons. The van der Waals surface area contributed by atoms with E-state index < -0.39 is 0 Å². The third-order valence-electron chi connectivity index (χ3n) is 4.50. The van der Waals surface area contributed by atoms with Crippen LogP contribution in [0.5, 0.6) is 0 Å². The van der Waals surface area contributed by atoms with Crippen LogP contribution in [0.15, 0.2) is 54.2 Å². The molecule has 1 saturated heterocycles. The lowest BCUT2D eigenvalue weighted by molar-refractivity contribution is 0.102. The highest BCUT2D eigenvalue weighted by molar-refractivity contribution is 7.13. The van der Waals surface area contributed by atoms with E-state index in [0.29, 0.717) is 16.7 Å². The van der Waals surface area contributed by atoms with Crippen molar-refractivity contribution in [2.24, 2.45) is 0 Å². The van der Waals surface area contributed by atoms with Crippen LogP contribution in [0, 0.1) is 0 Å². The van der Waals surface area contributed by atoms with Crippen molar-refractivity contribution >= 4 is 33.9 Å². The molecule has 0 saturated carbocycles. The molecule has 7 nitrogen and oxygen atoms in total. The lowest BCUT2D eigenvalue weighted by atomic mass is 10.0. The zero-order chi connectivity index (χ0) is 18.5. The smallest absolute Gasteiger partial charge is 0.259 e. The molecule has 1 amide bonds. The van der Waals surface area contributed by atoms with Gasteiger partial charge in [-0.15, -0.1) is 10.2 Å². The molecule has 2 aromatic heterocycles. The minimum Gasteiger partial charge on any atom is -0.369 e. The number of anilines is 3. The number of carbonyl (C=O) groups is 1. The summed E-state index contributed by atoms with van der Waals surface area (Å²) in [6.45, 7) is 2.01. The number of rotatable bonds is 5. The molecule has 0 aliphatic carbocycles. The minimum absolute atomic E-state index is 0.237. The molecule has 1 aromatic carbocycles. The number of nitrogens with zero attached hydrogens (tertiary/aromatic N) is 4. The van der Waals surface area contributed by atoms with Gasteiger partial charge in [-0.3, -0.25) is 10.1 Å². The van der Waals surface area contributed by atoms with Gasteiger partial charge in [-0.1, -0.05) is 29.5 Å². The predicted octanol–water partition coefficient (Wildman–Crippen LogP) is 3.27. The number of carbonyl (C=O) groups excluding carboxylic acids is 1. The minimum atomic E-state index is -0.237. The normalized spacial score (nSPS) is 16.7. The second-order valence-corrected chi connectivity index (χ2v) is 7.23. The third-order valence-corrected chi connectivity index (χ3v) is 5.11. The Hall–Kier alpha value is -3.00. The zero-order valence-corrected chi connectivity index (χ0v) is 15.5. The van der Waals surface area contributed by atoms with Crippen LogP contribution in [0.3, 0.4) is 0 Å². The zero-order valence-electron chi connectivity index (χ0n) is 14.7. The summed E-state index contributed by atoms with van der Waals surface area (Å²) in [4.78, 5) is 19.0. The Morgan fingerprint density at radius 3 is 2.81 bits per heavy atom. The predicted molar refractivity (Wildman–Crippen MR) is 107 cm³/mol. The number of nitrogens with one attached hydrogen (secondary N) is 2. The van der Waals surface area contributed by atoms with Crippen molar-refractivity contribution < 1.29 is 4.79 Å². The van der Waals surface area contributed by atoms with Crippen molar-refractivity contribution in [3.8, 4) is 0 Å². The SMILES string of the molecule is O=C(Nc1nncs1)c1ccc(NC2CCCN(c3ccccc3)C2)nc1. The molecule has 138 valence electrons. The first-order chi connectivity index (χ1) is 13.3. The summed E-state index contributed by atoms with van der Waals surface area (Å²) in [7, 11) is 0. The molecule has 1 aliphatic heterocycles. The number of para-hydroxylation sites is 1. The van der Waals surface area contributed by atoms with Crippen molar-refractivity contribution in [2.45, 2.75) is 18.9 Å². The van der Waals surface area contributed by atoms with Gasteiger partial charge in [0.2, 0.25) is 5.13 Å². The van der Waals surface area contributed by atoms with Gasteiger partial charge in [0.1, 0.15) is 11.3 Å². The first kappa shape index (κ1) is 17.4. The molecule has 1 aliphatic rings. The molecule has 2 N–H and O–H groups in total. The fourth-order valence-corrected chi connectivity index (χ4v) is 3.63. The van der Waals surface area contributed by atoms with E-state index in [9.17, 15) is 4.79 Å². The van der Waals surface area contributed by atoms with Crippen LogP contribution in [-0.4, -0.2) is 40.2 Å². The van der Waals surface area contributed by atoms with Gasteiger partial charge in [0.05, 0.1) is 5.56 Å². The Bertz CT molecular complexity index is 869. The van der Waals surface area contributed by atoms with Crippen LogP contribution < -0.4 is 15.5 Å². The molecule has 0 bridgehead atoms. The highest BCUT2D eigenvalue weighted by Gasteiger charge is 2.20. The molecule has 8 heteroatoms. The largest absolute Gasteiger partial charge is 0.369 e. The quantitative estimate of drug-likeness (QED) is 0.707. The monoisotopic (exact) mass is 380 g/mol. The van der Waals surface area contributed by atoms with Crippen LogP contribution in [0.4, 0.5) is 16.6 Å². The third kappa shape index (κ3) is 4.40. The highest BCUT2D eigenvalue weighted by Crippen LogP contribution is 2.21. The standard InChI is InChI=1S/C19H20N6OS/c26-18(23-19-24-21-13-27-19)14-8-9-17(20-11-14)22-15-5-4-10-25(12-15)16-6-2-1-3-7-16/h1-3,6-9,11,13,15H,4-5,10,12H2,(H,20,22)(H,23,24,26). The lowest BCUT2D eigenvalue weighted by Crippen LogP contribution is -2.42. The van der Waals surface area contributed by atoms with Gasteiger partial charge in [-0.05, 0) is 37.1 Å². The molecule has 4 rings (SSSR count). The number of hydrogen-bond donors (Lipinski definition) is 2. The summed E-state index contributed by atoms with van der Waals surface area (Å²) in [5.74, 6) is 0.543. The van der Waals surface area contributed by atoms with Crippen molar-refractivity contribution in [2.75, 3.05) is 28.6 Å². The van der Waals surface area contributed by atoms with Crippen molar-refractivity contribution in [3.05, 3.63) is 59.7 Å². The summed E-state index contributed by atoms with van der Waals surface area (Å²) < 4.78 is 0. The Morgan fingerprint density at radius 2 is 2.07 bits per heavy atom. The van der Waals surface area contributed by atoms with E-state index in [-0.39, 0.29) is 5.91 Å². The summed E-state index contributed by atoms with van der Waals surface area (Å²) in [5.41, 5.74) is 3.31. The van der Waals surface area contributed by atoms with Gasteiger partial charge in [-0.25, -0.2) is 4.98 Å². The number of hydrogen-bond acceptors (Lipinski definition) is 7. The van der Waals surface area contributed by atoms with Crippen molar-refractivity contribution in [3.63, 3.8) is 0 Å². The molecule has 27 heavy (non-hydrogen) atoms. The summed E-state index contributed by atoms with van der Waals surface area (Å²) >= 11 is 1.28. The average Bonchev–Trinajstić information content (AvgIpc) is 3.22. The lowest BCUT2D eigenvalue weighted by Gasteiger charge is -2.35. The fourth-order valence-electron chi connectivity index (χ4n) is 3.19. The van der Waals surface area contributed by atoms with Crippen molar-refractivity contribution in [1.82, 2.24) is 15.2 Å². The van der Waals surface area contributed by atoms with Crippen LogP contribution >= 0.6 is 11.3 Å². The summed E-state index contributed by atoms with van der Waals surface area (Å²) in [5, 5.41) is 14.2. The molecular formula is C19H20N6OS. The number of pyridine rings is 1. The molecular weight excluding hydrogens is 360 g/mol. The second-order valence-electron chi connectivity index (χ2n) is 6.40. The van der Waals surface area contributed by atoms with Gasteiger partial charge < -0.3 is 10.2 Å². The van der Waals surface area contributed by atoms with Crippen LogP contribution in [0.1, 0.15) is 23.2 Å². The Morgan fingerprint density at radius 1 is 1.19 bits per heavy atom. The van der Waals surface area contributed by atoms with E-state index in [2.05, 4.69) is 55.0 Å². The number of benzene rings is 1. The molecule has 3 aromatic rings.